The van der Waals surface area contributed by atoms with Crippen LogP contribution in [0.4, 0.5) is 0 Å². The number of aromatic hydroxyl groups is 2. The number of nitrogens with two attached hydrogens (primary N) is 3. The van der Waals surface area contributed by atoms with E-state index in [0.717, 1.165) is 0 Å². The normalized spacial score (nSPS) is 14.2. The van der Waals surface area contributed by atoms with E-state index in [2.05, 4.69) is 20.9 Å². The number of phenolic OH excluding ortho intramolecular Hbond substituents is 2. The highest BCUT2D eigenvalue weighted by Gasteiger charge is 2.32. The summed E-state index contributed by atoms with van der Waals surface area (Å²) in [4.78, 5) is 55.8. The molecule has 14 nitrogen and oxygen atoms in total. The van der Waals surface area contributed by atoms with Crippen molar-refractivity contribution >= 4 is 29.7 Å². The fourth-order valence-corrected chi connectivity index (χ4v) is 4.29. The smallest absolute Gasteiger partial charge is 0.326 e. The van der Waals surface area contributed by atoms with E-state index in [1.165, 1.54) is 36.4 Å². The Labute approximate surface area is 256 Å². The zero-order valence-corrected chi connectivity index (χ0v) is 24.9. The summed E-state index contributed by atoms with van der Waals surface area (Å²) in [6.07, 6.45) is 1.11. The first-order chi connectivity index (χ1) is 20.8. The number of hydrogen-bond acceptors (Lipinski definition) is 8. The molecular weight excluding hydrogens is 570 g/mol. The minimum Gasteiger partial charge on any atom is -0.508 e. The number of aliphatic imine (C=N–C) groups is 1. The van der Waals surface area contributed by atoms with Crippen molar-refractivity contribution in [3.63, 3.8) is 0 Å². The predicted octanol–water partition coefficient (Wildman–Crippen LogP) is -0.151. The third kappa shape index (κ3) is 11.8. The lowest BCUT2D eigenvalue weighted by Gasteiger charge is -2.28. The van der Waals surface area contributed by atoms with Gasteiger partial charge >= 0.3 is 5.97 Å². The average molecular weight is 614 g/mol. The Hall–Kier alpha value is -4.85. The van der Waals surface area contributed by atoms with E-state index >= 15 is 0 Å². The average Bonchev–Trinajstić information content (AvgIpc) is 2.98. The van der Waals surface area contributed by atoms with Crippen LogP contribution in [0.5, 0.6) is 11.5 Å². The molecule has 2 aromatic rings. The van der Waals surface area contributed by atoms with E-state index in [0.29, 0.717) is 24.0 Å². The van der Waals surface area contributed by atoms with Crippen LogP contribution in [0.2, 0.25) is 0 Å². The van der Waals surface area contributed by atoms with Gasteiger partial charge in [-0.05, 0) is 54.2 Å². The van der Waals surface area contributed by atoms with Gasteiger partial charge in [-0.3, -0.25) is 19.4 Å². The lowest BCUT2D eigenvalue weighted by molar-refractivity contribution is -0.142. The quantitative estimate of drug-likeness (QED) is 0.0647. The third-order valence-corrected chi connectivity index (χ3v) is 7.10. The fraction of sp³-hybridized carbons (Fsp3) is 0.433. The zero-order chi connectivity index (χ0) is 32.8. The number of phenols is 2. The molecule has 2 rings (SSSR count). The Morgan fingerprint density at radius 1 is 0.795 bits per heavy atom. The summed E-state index contributed by atoms with van der Waals surface area (Å²) >= 11 is 0. The molecule has 5 unspecified atom stereocenters. The second kappa shape index (κ2) is 17.3. The number of carbonyl (C=O) groups excluding carboxylic acids is 3. The van der Waals surface area contributed by atoms with E-state index in [1.54, 1.807) is 19.1 Å². The van der Waals surface area contributed by atoms with Gasteiger partial charge in [0.25, 0.3) is 0 Å². The number of aliphatic carboxylic acids is 1. The highest BCUT2D eigenvalue weighted by molar-refractivity contribution is 5.94. The van der Waals surface area contributed by atoms with Gasteiger partial charge in [0.2, 0.25) is 17.7 Å². The minimum atomic E-state index is -1.34. The van der Waals surface area contributed by atoms with E-state index in [-0.39, 0.29) is 49.2 Å². The van der Waals surface area contributed by atoms with Crippen molar-refractivity contribution in [1.29, 1.82) is 0 Å². The van der Waals surface area contributed by atoms with Gasteiger partial charge < -0.3 is 48.5 Å². The van der Waals surface area contributed by atoms with Gasteiger partial charge in [-0.2, -0.15) is 0 Å². The maximum Gasteiger partial charge on any atom is 0.326 e. The number of carbonyl (C=O) groups is 4. The van der Waals surface area contributed by atoms with E-state index in [4.69, 9.17) is 17.2 Å². The van der Waals surface area contributed by atoms with Gasteiger partial charge in [0.05, 0.1) is 6.04 Å². The number of benzene rings is 2. The highest BCUT2D eigenvalue weighted by Crippen LogP contribution is 2.15. The Balaban J connectivity index is 2.24. The van der Waals surface area contributed by atoms with Crippen molar-refractivity contribution in [2.45, 2.75) is 70.1 Å². The standard InChI is InChI=1S/C30H43N7O7/c1-3-17(2)25(37-26(40)22(31)5-4-14-34-30(32)33)28(42)35-23(15-18-6-10-20(38)11-7-18)27(41)36-24(29(43)44)16-19-8-12-21(39)13-9-19/h6-13,17,22-25,38-39H,3-5,14-16,31H2,1-2H3,(H,35,42)(H,36,41)(H,37,40)(H,43,44)(H4,32,33,34). The minimum absolute atomic E-state index is 0.00723. The SMILES string of the molecule is CCC(C)C(NC(=O)C(N)CCCN=C(N)N)C(=O)NC(Cc1ccc(O)cc1)C(=O)NC(Cc1ccc(O)cc1)C(=O)O. The van der Waals surface area contributed by atoms with Gasteiger partial charge in [0, 0.05) is 19.4 Å². The van der Waals surface area contributed by atoms with Crippen LogP contribution >= 0.6 is 0 Å². The van der Waals surface area contributed by atoms with Crippen LogP contribution in [0.1, 0.15) is 44.2 Å². The van der Waals surface area contributed by atoms with Crippen LogP contribution in [0.3, 0.4) is 0 Å². The summed E-state index contributed by atoms with van der Waals surface area (Å²) in [5, 5.41) is 36.9. The molecule has 3 amide bonds. The number of amides is 3. The summed E-state index contributed by atoms with van der Waals surface area (Å²) in [5.74, 6) is -3.66. The summed E-state index contributed by atoms with van der Waals surface area (Å²) in [5.41, 5.74) is 17.8. The Morgan fingerprint density at radius 2 is 1.30 bits per heavy atom. The molecule has 12 N–H and O–H groups in total. The maximum atomic E-state index is 13.6. The van der Waals surface area contributed by atoms with Gasteiger partial charge in [-0.25, -0.2) is 4.79 Å². The second-order valence-corrected chi connectivity index (χ2v) is 10.6. The van der Waals surface area contributed by atoms with Crippen LogP contribution in [0.15, 0.2) is 53.5 Å². The highest BCUT2D eigenvalue weighted by atomic mass is 16.4. The summed E-state index contributed by atoms with van der Waals surface area (Å²) in [6, 6.07) is 7.34. The molecule has 0 radical (unpaired) electrons. The van der Waals surface area contributed by atoms with Gasteiger partial charge in [-0.1, -0.05) is 44.5 Å². The van der Waals surface area contributed by atoms with Crippen molar-refractivity contribution in [3.8, 4) is 11.5 Å². The number of nitrogens with zero attached hydrogens (tertiary/aromatic N) is 1. The number of hydrogen-bond donors (Lipinski definition) is 9. The van der Waals surface area contributed by atoms with Crippen LogP contribution < -0.4 is 33.2 Å². The van der Waals surface area contributed by atoms with Crippen LogP contribution in [0.25, 0.3) is 0 Å². The van der Waals surface area contributed by atoms with Crippen molar-refractivity contribution in [2.75, 3.05) is 6.54 Å². The second-order valence-electron chi connectivity index (χ2n) is 10.6. The van der Waals surface area contributed by atoms with Gasteiger partial charge in [-0.15, -0.1) is 0 Å². The van der Waals surface area contributed by atoms with E-state index in [1.807, 2.05) is 6.92 Å². The molecule has 0 bridgehead atoms. The Morgan fingerprint density at radius 3 is 1.77 bits per heavy atom. The predicted molar refractivity (Wildman–Crippen MR) is 164 cm³/mol. The maximum absolute atomic E-state index is 13.6. The molecule has 0 fully saturated rings. The summed E-state index contributed by atoms with van der Waals surface area (Å²) < 4.78 is 0. The van der Waals surface area contributed by atoms with Gasteiger partial charge in [0.1, 0.15) is 29.6 Å². The molecule has 0 saturated heterocycles. The number of carboxylic acids is 1. The fourth-order valence-electron chi connectivity index (χ4n) is 4.29. The Kier molecular flexibility index (Phi) is 13.9. The molecule has 0 aromatic heterocycles. The molecule has 0 heterocycles. The molecule has 0 spiro atoms. The molecule has 0 aliphatic carbocycles. The largest absolute Gasteiger partial charge is 0.508 e. The van der Waals surface area contributed by atoms with Crippen LogP contribution in [-0.2, 0) is 32.0 Å². The molecule has 2 aromatic carbocycles. The van der Waals surface area contributed by atoms with Gasteiger partial charge in [0.15, 0.2) is 5.96 Å². The molecule has 5 atom stereocenters. The molecule has 0 saturated carbocycles. The first kappa shape index (κ1) is 35.3. The number of rotatable bonds is 17. The summed E-state index contributed by atoms with van der Waals surface area (Å²) in [6.45, 7) is 3.90. The first-order valence-electron chi connectivity index (χ1n) is 14.3. The monoisotopic (exact) mass is 613 g/mol. The molecule has 0 aliphatic rings. The van der Waals surface area contributed by atoms with Crippen LogP contribution in [0, 0.1) is 5.92 Å². The molecule has 44 heavy (non-hydrogen) atoms. The first-order valence-corrected chi connectivity index (χ1v) is 14.3. The lowest BCUT2D eigenvalue weighted by atomic mass is 9.96. The number of carboxylic acid groups (broad SMARTS) is 1. The number of guanidine groups is 1. The number of nitrogens with one attached hydrogen (secondary N) is 3. The molecule has 14 heteroatoms. The third-order valence-electron chi connectivity index (χ3n) is 7.10. The zero-order valence-electron chi connectivity index (χ0n) is 24.9. The van der Waals surface area contributed by atoms with Crippen molar-refractivity contribution in [1.82, 2.24) is 16.0 Å². The van der Waals surface area contributed by atoms with Crippen molar-refractivity contribution < 1.29 is 34.5 Å². The Bertz CT molecular complexity index is 1280. The van der Waals surface area contributed by atoms with E-state index in [9.17, 15) is 34.5 Å². The van der Waals surface area contributed by atoms with E-state index < -0.39 is 47.9 Å². The lowest BCUT2D eigenvalue weighted by Crippen LogP contribution is -2.59. The molecule has 0 aliphatic heterocycles. The molecule has 240 valence electrons. The summed E-state index contributed by atoms with van der Waals surface area (Å²) in [7, 11) is 0. The van der Waals surface area contributed by atoms with Crippen molar-refractivity contribution in [3.05, 3.63) is 59.7 Å². The molecular formula is C30H43N7O7. The van der Waals surface area contributed by atoms with Crippen LogP contribution in [-0.4, -0.2) is 75.7 Å². The van der Waals surface area contributed by atoms with Crippen molar-refractivity contribution in [2.24, 2.45) is 28.1 Å². The topological polar surface area (TPSA) is 255 Å².